The summed E-state index contributed by atoms with van der Waals surface area (Å²) in [6.07, 6.45) is 9.55. The lowest BCUT2D eigenvalue weighted by atomic mass is 9.91. The molecule has 0 spiro atoms. The molecule has 0 bridgehead atoms. The molecule has 0 radical (unpaired) electrons. The van der Waals surface area contributed by atoms with E-state index in [0.29, 0.717) is 0 Å². The molecule has 0 aliphatic carbocycles. The van der Waals surface area contributed by atoms with Crippen molar-refractivity contribution in [3.63, 3.8) is 0 Å². The third-order valence-corrected chi connectivity index (χ3v) is 7.93. The number of ether oxygens (including phenoxy) is 1. The van der Waals surface area contributed by atoms with Crippen LogP contribution < -0.4 is 0 Å². The van der Waals surface area contributed by atoms with Crippen molar-refractivity contribution < 1.29 is 9.53 Å². The van der Waals surface area contributed by atoms with Crippen LogP contribution in [0.5, 0.6) is 0 Å². The van der Waals surface area contributed by atoms with Gasteiger partial charge in [-0.15, -0.1) is 0 Å². The van der Waals surface area contributed by atoms with E-state index in [9.17, 15) is 4.79 Å². The van der Waals surface area contributed by atoms with Gasteiger partial charge >= 0.3 is 5.97 Å². The minimum Gasteiger partial charge on any atom is -0.468 e. The van der Waals surface area contributed by atoms with Gasteiger partial charge in [0.05, 0.1) is 18.5 Å². The highest BCUT2D eigenvalue weighted by atomic mass is 16.5. The highest BCUT2D eigenvalue weighted by Gasteiger charge is 2.33. The van der Waals surface area contributed by atoms with Crippen LogP contribution >= 0.6 is 0 Å². The van der Waals surface area contributed by atoms with Crippen LogP contribution in [0.15, 0.2) is 43.7 Å². The molecule has 0 saturated heterocycles. The zero-order chi connectivity index (χ0) is 27.0. The first-order chi connectivity index (χ1) is 17.6. The van der Waals surface area contributed by atoms with Gasteiger partial charge in [0.1, 0.15) is 5.92 Å². The van der Waals surface area contributed by atoms with Gasteiger partial charge < -0.3 is 14.7 Å². The number of rotatable bonds is 7. The number of aliphatic imine (C=N–C) groups is 2. The van der Waals surface area contributed by atoms with Crippen molar-refractivity contribution >= 4 is 30.6 Å². The number of hydrogen-bond acceptors (Lipinski definition) is 4. The van der Waals surface area contributed by atoms with Gasteiger partial charge in [-0.05, 0) is 111 Å². The third kappa shape index (κ3) is 4.61. The van der Waals surface area contributed by atoms with Crippen molar-refractivity contribution in [3.8, 4) is 0 Å². The molecule has 2 aromatic rings. The molecule has 1 unspecified atom stereocenters. The Balaban J connectivity index is 1.89. The molecule has 37 heavy (non-hydrogen) atoms. The van der Waals surface area contributed by atoms with Crippen LogP contribution in [0.3, 0.4) is 0 Å². The number of nitrogens with one attached hydrogen (secondary N) is 2. The Bertz CT molecular complexity index is 1350. The quantitative estimate of drug-likeness (QED) is 0.407. The second kappa shape index (κ2) is 10.4. The van der Waals surface area contributed by atoms with Gasteiger partial charge in [0.25, 0.3) is 0 Å². The molecule has 2 aromatic heterocycles. The van der Waals surface area contributed by atoms with Gasteiger partial charge in [-0.1, -0.05) is 13.8 Å². The lowest BCUT2D eigenvalue weighted by molar-refractivity contribution is -0.141. The Labute approximate surface area is 220 Å². The molecule has 2 aliphatic heterocycles. The molecular weight excluding hydrogens is 460 g/mol. The number of methoxy groups -OCH3 is 1. The summed E-state index contributed by atoms with van der Waals surface area (Å²) >= 11 is 0. The summed E-state index contributed by atoms with van der Waals surface area (Å²) in [5.74, 6) is -0.885. The Hall–Kier alpha value is -3.67. The number of aromatic nitrogens is 2. The maximum atomic E-state index is 13.4. The number of aromatic amines is 2. The summed E-state index contributed by atoms with van der Waals surface area (Å²) in [5.41, 5.74) is 14.8. The van der Waals surface area contributed by atoms with Crippen LogP contribution in [0.2, 0.25) is 0 Å². The smallest absolute Gasteiger partial charge is 0.320 e. The molecule has 0 saturated carbocycles. The van der Waals surface area contributed by atoms with E-state index < -0.39 is 5.92 Å². The lowest BCUT2D eigenvalue weighted by Gasteiger charge is -2.17. The average molecular weight is 499 g/mol. The Morgan fingerprint density at radius 2 is 1.22 bits per heavy atom. The molecule has 4 heterocycles. The highest BCUT2D eigenvalue weighted by molar-refractivity contribution is 5.88. The number of esters is 1. The molecule has 6 heteroatoms. The van der Waals surface area contributed by atoms with E-state index >= 15 is 0 Å². The van der Waals surface area contributed by atoms with Crippen molar-refractivity contribution in [1.82, 2.24) is 9.97 Å². The van der Waals surface area contributed by atoms with E-state index in [2.05, 4.69) is 87.5 Å². The molecule has 2 aliphatic rings. The third-order valence-electron chi connectivity index (χ3n) is 7.93. The molecule has 194 valence electrons. The standard InChI is InChI=1S/C31H38N4O2/c1-10-22-20(7)26(12-24-18(5)16(3)14-32-24)34-29(22)28(31(36)37-9)30-23(11-2)21(8)27(35-30)13-25-19(6)17(4)15-33-25/h12-15,28,34-35H,10-11H2,1-9H3/b24-12-,25-13+. The minimum atomic E-state index is -0.595. The zero-order valence-corrected chi connectivity index (χ0v) is 23.5. The number of carbonyl (C=O) groups excluding carboxylic acids is 1. The number of H-pyrrole nitrogens is 2. The number of allylic oxidation sites excluding steroid dienone is 4. The predicted molar refractivity (Wildman–Crippen MR) is 153 cm³/mol. The molecule has 2 N–H and O–H groups in total. The zero-order valence-electron chi connectivity index (χ0n) is 23.5. The molecule has 1 atom stereocenters. The second-order valence-corrected chi connectivity index (χ2v) is 9.97. The molecule has 4 rings (SSSR count). The van der Waals surface area contributed by atoms with Crippen molar-refractivity contribution in [2.45, 2.75) is 74.1 Å². The van der Waals surface area contributed by atoms with E-state index in [4.69, 9.17) is 4.74 Å². The van der Waals surface area contributed by atoms with Gasteiger partial charge in [0.2, 0.25) is 0 Å². The van der Waals surface area contributed by atoms with Crippen LogP contribution in [0.4, 0.5) is 0 Å². The van der Waals surface area contributed by atoms with Crippen LogP contribution in [-0.4, -0.2) is 35.5 Å². The Morgan fingerprint density at radius 1 is 0.811 bits per heavy atom. The Morgan fingerprint density at radius 3 is 1.51 bits per heavy atom. The molecular formula is C31H38N4O2. The fourth-order valence-electron chi connectivity index (χ4n) is 5.24. The van der Waals surface area contributed by atoms with Gasteiger partial charge in [0, 0.05) is 35.2 Å². The van der Waals surface area contributed by atoms with Crippen LogP contribution in [0.25, 0.3) is 12.2 Å². The van der Waals surface area contributed by atoms with E-state index in [1.165, 1.54) is 29.4 Å². The van der Waals surface area contributed by atoms with Crippen molar-refractivity contribution in [2.75, 3.05) is 7.11 Å². The normalized spacial score (nSPS) is 18.3. The van der Waals surface area contributed by atoms with Crippen molar-refractivity contribution in [2.24, 2.45) is 9.98 Å². The summed E-state index contributed by atoms with van der Waals surface area (Å²) in [7, 11) is 1.46. The number of hydrogen-bond donors (Lipinski definition) is 2. The largest absolute Gasteiger partial charge is 0.468 e. The van der Waals surface area contributed by atoms with Crippen molar-refractivity contribution in [3.05, 3.63) is 78.7 Å². The molecule has 6 nitrogen and oxygen atoms in total. The van der Waals surface area contributed by atoms with E-state index in [0.717, 1.165) is 69.3 Å². The van der Waals surface area contributed by atoms with E-state index in [-0.39, 0.29) is 5.97 Å². The Kier molecular flexibility index (Phi) is 7.39. The lowest BCUT2D eigenvalue weighted by Crippen LogP contribution is -2.19. The minimum absolute atomic E-state index is 0.290. The number of carbonyl (C=O) groups is 1. The first-order valence-corrected chi connectivity index (χ1v) is 13.0. The van der Waals surface area contributed by atoms with Gasteiger partial charge in [0.15, 0.2) is 0 Å². The van der Waals surface area contributed by atoms with Gasteiger partial charge in [-0.2, -0.15) is 0 Å². The number of nitrogens with zero attached hydrogens (tertiary/aromatic N) is 2. The molecule has 0 fully saturated rings. The van der Waals surface area contributed by atoms with Crippen LogP contribution in [0.1, 0.15) is 92.5 Å². The van der Waals surface area contributed by atoms with E-state index in [1.54, 1.807) is 0 Å². The fraction of sp³-hybridized carbons (Fsp3) is 0.387. The second-order valence-electron chi connectivity index (χ2n) is 9.97. The summed E-state index contributed by atoms with van der Waals surface area (Å²) < 4.78 is 5.38. The monoisotopic (exact) mass is 498 g/mol. The molecule has 0 amide bonds. The first-order valence-electron chi connectivity index (χ1n) is 13.0. The SMILES string of the molecule is CCc1c(C(C(=O)OC)c2[nH]c(/C=C3/N=CC(C)=C3C)c(C)c2CC)[nH]c(/C=C2\N=CC(C)=C2C)c1C. The predicted octanol–water partition coefficient (Wildman–Crippen LogP) is 6.91. The van der Waals surface area contributed by atoms with Crippen LogP contribution in [-0.2, 0) is 22.4 Å². The summed E-state index contributed by atoms with van der Waals surface area (Å²) in [5, 5.41) is 0. The summed E-state index contributed by atoms with van der Waals surface area (Å²) in [6, 6.07) is 0. The van der Waals surface area contributed by atoms with E-state index in [1.807, 2.05) is 12.4 Å². The highest BCUT2D eigenvalue weighted by Crippen LogP contribution is 2.37. The fourth-order valence-corrected chi connectivity index (χ4v) is 5.24. The van der Waals surface area contributed by atoms with Crippen molar-refractivity contribution in [1.29, 1.82) is 0 Å². The van der Waals surface area contributed by atoms with Crippen LogP contribution in [0, 0.1) is 13.8 Å². The van der Waals surface area contributed by atoms with Gasteiger partial charge in [-0.25, -0.2) is 0 Å². The average Bonchev–Trinajstić information content (AvgIpc) is 3.57. The topological polar surface area (TPSA) is 82.6 Å². The maximum absolute atomic E-state index is 13.4. The maximum Gasteiger partial charge on any atom is 0.320 e. The molecule has 0 aromatic carbocycles. The summed E-state index contributed by atoms with van der Waals surface area (Å²) in [6.45, 7) is 16.8. The first kappa shape index (κ1) is 26.4. The summed E-state index contributed by atoms with van der Waals surface area (Å²) in [4.78, 5) is 29.8. The van der Waals surface area contributed by atoms with Gasteiger partial charge in [-0.3, -0.25) is 14.8 Å².